The van der Waals surface area contributed by atoms with Crippen molar-refractivity contribution in [2.24, 2.45) is 4.99 Å². The Morgan fingerprint density at radius 3 is 2.53 bits per heavy atom. The Morgan fingerprint density at radius 2 is 1.90 bits per heavy atom. The fourth-order valence-electron chi connectivity index (χ4n) is 4.03. The highest BCUT2D eigenvalue weighted by Gasteiger charge is 2.30. The average Bonchev–Trinajstić information content (AvgIpc) is 3.31. The second-order valence-corrected chi connectivity index (χ2v) is 7.82. The average molecular weight is 415 g/mol. The van der Waals surface area contributed by atoms with Crippen molar-refractivity contribution in [2.75, 3.05) is 45.8 Å². The van der Waals surface area contributed by atoms with Crippen molar-refractivity contribution in [3.05, 3.63) is 35.1 Å². The third-order valence-electron chi connectivity index (χ3n) is 5.85. The van der Waals surface area contributed by atoms with Gasteiger partial charge in [-0.25, -0.2) is 9.38 Å². The number of nitrogens with one attached hydrogen (secondary N) is 1. The van der Waals surface area contributed by atoms with Gasteiger partial charge in [0.15, 0.2) is 5.96 Å². The summed E-state index contributed by atoms with van der Waals surface area (Å²) < 4.78 is 14.1. The molecule has 1 aromatic carbocycles. The summed E-state index contributed by atoms with van der Waals surface area (Å²) in [5, 5.41) is 12.3. The molecule has 3 rings (SSSR count). The maximum Gasteiger partial charge on any atom is 0.239 e. The second kappa shape index (κ2) is 10.4. The first kappa shape index (κ1) is 22.0. The smallest absolute Gasteiger partial charge is 0.239 e. The van der Waals surface area contributed by atoms with Gasteiger partial charge in [0.2, 0.25) is 5.91 Å². The fourth-order valence-corrected chi connectivity index (χ4v) is 4.03. The first-order valence-electron chi connectivity index (χ1n) is 10.8. The number of carbonyl (C=O) groups is 1. The number of benzene rings is 1. The number of piperazine rings is 1. The van der Waals surface area contributed by atoms with Gasteiger partial charge >= 0.3 is 0 Å². The lowest BCUT2D eigenvalue weighted by Crippen LogP contribution is -2.57. The summed E-state index contributed by atoms with van der Waals surface area (Å²) in [6.45, 7) is 9.71. The van der Waals surface area contributed by atoms with E-state index in [1.54, 1.807) is 6.07 Å². The number of rotatable bonds is 5. The predicted octanol–water partition coefficient (Wildman–Crippen LogP) is 1.79. The number of amides is 1. The van der Waals surface area contributed by atoms with Gasteiger partial charge in [-0.3, -0.25) is 9.69 Å². The van der Waals surface area contributed by atoms with Crippen LogP contribution in [0.3, 0.4) is 0 Å². The van der Waals surface area contributed by atoms with Crippen molar-refractivity contribution >= 4 is 11.9 Å². The third-order valence-corrected chi connectivity index (χ3v) is 5.85. The van der Waals surface area contributed by atoms with Crippen molar-refractivity contribution in [1.82, 2.24) is 20.0 Å². The maximum absolute atomic E-state index is 14.1. The molecule has 1 unspecified atom stereocenters. The van der Waals surface area contributed by atoms with E-state index in [1.807, 2.05) is 24.8 Å². The van der Waals surface area contributed by atoms with Crippen LogP contribution in [0.4, 0.5) is 4.39 Å². The van der Waals surface area contributed by atoms with Gasteiger partial charge in [0.25, 0.3) is 0 Å². The van der Waals surface area contributed by atoms with E-state index in [9.17, 15) is 9.18 Å². The maximum atomic E-state index is 14.1. The van der Waals surface area contributed by atoms with Gasteiger partial charge in [0.05, 0.1) is 24.2 Å². The molecule has 1 atom stereocenters. The fraction of sp³-hybridized carbons (Fsp3) is 0.591. The van der Waals surface area contributed by atoms with E-state index in [4.69, 9.17) is 5.26 Å². The van der Waals surface area contributed by atoms with E-state index >= 15 is 0 Å². The summed E-state index contributed by atoms with van der Waals surface area (Å²) in [7, 11) is 0. The molecule has 0 radical (unpaired) electrons. The molecular weight excluding hydrogens is 383 g/mol. The lowest BCUT2D eigenvalue weighted by Gasteiger charge is -2.39. The topological polar surface area (TPSA) is 75.0 Å². The predicted molar refractivity (Wildman–Crippen MR) is 114 cm³/mol. The number of aliphatic imine (C=N–C) groups is 1. The molecule has 2 saturated heterocycles. The quantitative estimate of drug-likeness (QED) is 0.587. The van der Waals surface area contributed by atoms with Crippen LogP contribution in [-0.4, -0.2) is 78.4 Å². The highest BCUT2D eigenvalue weighted by Crippen LogP contribution is 2.15. The molecule has 30 heavy (non-hydrogen) atoms. The number of carbonyl (C=O) groups excluding carboxylic acids is 1. The molecule has 0 aromatic heterocycles. The lowest BCUT2D eigenvalue weighted by atomic mass is 10.1. The number of nitriles is 1. The van der Waals surface area contributed by atoms with Gasteiger partial charge in [0, 0.05) is 51.4 Å². The van der Waals surface area contributed by atoms with Crippen molar-refractivity contribution < 1.29 is 9.18 Å². The standard InChI is InChI=1S/C22H31FN6O/c1-3-25-22(26-16-19-14-18(15-24)6-7-20(19)23)29-12-10-27(11-13-29)17(2)21(30)28-8-4-5-9-28/h6-7,14,17H,3-5,8-13,16H2,1-2H3,(H,25,26). The molecule has 1 N–H and O–H groups in total. The minimum atomic E-state index is -0.354. The Kier molecular flexibility index (Phi) is 7.63. The molecule has 0 spiro atoms. The van der Waals surface area contributed by atoms with E-state index in [0.717, 1.165) is 58.1 Å². The molecular formula is C22H31FN6O. The summed E-state index contributed by atoms with van der Waals surface area (Å²) in [4.78, 5) is 23.6. The van der Waals surface area contributed by atoms with Gasteiger partial charge in [-0.15, -0.1) is 0 Å². The zero-order chi connectivity index (χ0) is 21.5. The number of guanidine groups is 1. The van der Waals surface area contributed by atoms with Gasteiger partial charge in [0.1, 0.15) is 5.82 Å². The Hall–Kier alpha value is -2.66. The third kappa shape index (κ3) is 5.28. The minimum Gasteiger partial charge on any atom is -0.357 e. The summed E-state index contributed by atoms with van der Waals surface area (Å²) in [6.07, 6.45) is 2.21. The Balaban J connectivity index is 1.60. The number of hydrogen-bond acceptors (Lipinski definition) is 4. The van der Waals surface area contributed by atoms with Gasteiger partial charge in [-0.2, -0.15) is 5.26 Å². The monoisotopic (exact) mass is 414 g/mol. The van der Waals surface area contributed by atoms with E-state index in [-0.39, 0.29) is 24.3 Å². The summed E-state index contributed by atoms with van der Waals surface area (Å²) in [6, 6.07) is 6.26. The van der Waals surface area contributed by atoms with Crippen LogP contribution in [0.15, 0.2) is 23.2 Å². The van der Waals surface area contributed by atoms with Crippen LogP contribution in [0.2, 0.25) is 0 Å². The van der Waals surface area contributed by atoms with E-state index < -0.39 is 0 Å². The van der Waals surface area contributed by atoms with E-state index in [1.165, 1.54) is 12.1 Å². The van der Waals surface area contributed by atoms with Crippen molar-refractivity contribution in [3.8, 4) is 6.07 Å². The second-order valence-electron chi connectivity index (χ2n) is 7.82. The highest BCUT2D eigenvalue weighted by atomic mass is 19.1. The van der Waals surface area contributed by atoms with Crippen LogP contribution < -0.4 is 5.32 Å². The van der Waals surface area contributed by atoms with Gasteiger partial charge in [-0.1, -0.05) is 0 Å². The number of likely N-dealkylation sites (tertiary alicyclic amines) is 1. The Bertz CT molecular complexity index is 806. The van der Waals surface area contributed by atoms with Crippen molar-refractivity contribution in [2.45, 2.75) is 39.3 Å². The number of halogens is 1. The van der Waals surface area contributed by atoms with Gasteiger partial charge in [-0.05, 0) is 44.9 Å². The Labute approximate surface area is 178 Å². The first-order valence-corrected chi connectivity index (χ1v) is 10.8. The molecule has 8 heteroatoms. The highest BCUT2D eigenvalue weighted by molar-refractivity contribution is 5.82. The largest absolute Gasteiger partial charge is 0.357 e. The normalized spacial score (nSPS) is 18.9. The van der Waals surface area contributed by atoms with Crippen molar-refractivity contribution in [1.29, 1.82) is 5.26 Å². The van der Waals surface area contributed by atoms with Crippen LogP contribution in [-0.2, 0) is 11.3 Å². The van der Waals surface area contributed by atoms with Gasteiger partial charge < -0.3 is 15.1 Å². The molecule has 7 nitrogen and oxygen atoms in total. The molecule has 0 aliphatic carbocycles. The van der Waals surface area contributed by atoms with Crippen LogP contribution in [0.25, 0.3) is 0 Å². The SMILES string of the molecule is CCNC(=NCc1cc(C#N)ccc1F)N1CCN(C(C)C(=O)N2CCCC2)CC1. The van der Waals surface area contributed by atoms with Crippen LogP contribution in [0.5, 0.6) is 0 Å². The molecule has 2 fully saturated rings. The number of hydrogen-bond donors (Lipinski definition) is 1. The number of nitrogens with zero attached hydrogens (tertiary/aromatic N) is 5. The summed E-state index contributed by atoms with van der Waals surface area (Å²) in [5.41, 5.74) is 0.838. The zero-order valence-electron chi connectivity index (χ0n) is 17.9. The first-order chi connectivity index (χ1) is 14.5. The minimum absolute atomic E-state index is 0.104. The van der Waals surface area contributed by atoms with E-state index in [0.29, 0.717) is 17.7 Å². The van der Waals surface area contributed by atoms with Crippen LogP contribution in [0.1, 0.15) is 37.8 Å². The molecule has 2 aliphatic rings. The summed E-state index contributed by atoms with van der Waals surface area (Å²) >= 11 is 0. The molecule has 2 aliphatic heterocycles. The van der Waals surface area contributed by atoms with E-state index in [2.05, 4.69) is 20.1 Å². The zero-order valence-corrected chi connectivity index (χ0v) is 17.9. The van der Waals surface area contributed by atoms with Crippen LogP contribution in [0, 0.1) is 17.1 Å². The van der Waals surface area contributed by atoms with Crippen LogP contribution >= 0.6 is 0 Å². The molecule has 2 heterocycles. The van der Waals surface area contributed by atoms with Crippen molar-refractivity contribution in [3.63, 3.8) is 0 Å². The molecule has 0 bridgehead atoms. The molecule has 0 saturated carbocycles. The lowest BCUT2D eigenvalue weighted by molar-refractivity contribution is -0.135. The molecule has 162 valence electrons. The molecule has 1 amide bonds. The molecule has 1 aromatic rings. The Morgan fingerprint density at radius 1 is 1.20 bits per heavy atom. The summed E-state index contributed by atoms with van der Waals surface area (Å²) in [5.74, 6) is 0.611.